The Hall–Kier alpha value is -2.78. The van der Waals surface area contributed by atoms with Gasteiger partial charge in [-0.2, -0.15) is 0 Å². The van der Waals surface area contributed by atoms with Crippen molar-refractivity contribution >= 4 is 51.7 Å². The van der Waals surface area contributed by atoms with Crippen LogP contribution in [0.1, 0.15) is 130 Å². The van der Waals surface area contributed by atoms with Crippen LogP contribution in [0.3, 0.4) is 0 Å². The van der Waals surface area contributed by atoms with E-state index in [4.69, 9.17) is 40.0 Å². The molecule has 0 saturated carbocycles. The van der Waals surface area contributed by atoms with Crippen molar-refractivity contribution in [3.63, 3.8) is 0 Å². The Morgan fingerprint density at radius 3 is 1.08 bits per heavy atom. The minimum absolute atomic E-state index is 0.0106. The van der Waals surface area contributed by atoms with Gasteiger partial charge in [0.05, 0.1) is 30.6 Å². The molecule has 0 fully saturated rings. The summed E-state index contributed by atoms with van der Waals surface area (Å²) in [6.45, 7) is 26.7. The summed E-state index contributed by atoms with van der Waals surface area (Å²) in [5.41, 5.74) is 3.29. The van der Waals surface area contributed by atoms with Crippen LogP contribution in [0.5, 0.6) is 0 Å². The first-order chi connectivity index (χ1) is 22.2. The molecular formula is C35H66BrNO13. The second kappa shape index (κ2) is 25.2. The SMILES string of the molecule is CC(C)(C)OC(=O)C(N)CC(=O)O.CC(CC(=O)O)C(=O)OC(C)(C)C.CC(CCBr)C(=O)OC(C)(C)C.CC(CCO)C(=O)OC(C)(C)C. The van der Waals surface area contributed by atoms with Crippen LogP contribution < -0.4 is 5.73 Å². The van der Waals surface area contributed by atoms with Crippen molar-refractivity contribution in [2.75, 3.05) is 11.9 Å². The van der Waals surface area contributed by atoms with E-state index in [0.29, 0.717) is 6.42 Å². The topological polar surface area (TPSA) is 226 Å². The molecule has 4 atom stereocenters. The highest BCUT2D eigenvalue weighted by atomic mass is 79.9. The number of esters is 4. The van der Waals surface area contributed by atoms with E-state index in [2.05, 4.69) is 15.9 Å². The van der Waals surface area contributed by atoms with Crippen LogP contribution in [0.2, 0.25) is 0 Å². The molecule has 15 heteroatoms. The van der Waals surface area contributed by atoms with E-state index in [1.165, 1.54) is 0 Å². The van der Waals surface area contributed by atoms with Crippen molar-refractivity contribution in [2.45, 2.75) is 158 Å². The lowest BCUT2D eigenvalue weighted by Gasteiger charge is -2.21. The molecule has 0 aliphatic heterocycles. The van der Waals surface area contributed by atoms with E-state index in [0.717, 1.165) is 11.8 Å². The Labute approximate surface area is 307 Å². The molecule has 0 rings (SSSR count). The molecule has 0 aliphatic rings. The fourth-order valence-corrected chi connectivity index (χ4v) is 3.48. The second-order valence-corrected chi connectivity index (χ2v) is 16.4. The Balaban J connectivity index is -0.000000282. The summed E-state index contributed by atoms with van der Waals surface area (Å²) in [5.74, 6) is -4.41. The molecular weight excluding hydrogens is 722 g/mol. The van der Waals surface area contributed by atoms with Crippen molar-refractivity contribution < 1.29 is 63.0 Å². The summed E-state index contributed by atoms with van der Waals surface area (Å²) in [7, 11) is 0. The molecule has 14 nitrogen and oxygen atoms in total. The standard InChI is InChI=1S/C9H17BrO2.C9H16O4.C9H18O3.C8H15NO4/c1-7(5-6-10)8(11)12-9(2,3)4;1-6(5-7(10)11)8(12)13-9(2,3)4;1-7(5-6-10)8(11)12-9(2,3)4;1-8(2,3)13-7(12)5(9)4-6(10)11/h7H,5-6H2,1-4H3;6H,5H2,1-4H3,(H,10,11);7,10H,5-6H2,1-4H3;5H,4,9H2,1-3H3,(H,10,11). The summed E-state index contributed by atoms with van der Waals surface area (Å²) in [6.07, 6.45) is 0.702. The molecule has 4 unspecified atom stereocenters. The summed E-state index contributed by atoms with van der Waals surface area (Å²) in [6, 6.07) is -1.09. The number of aliphatic hydroxyl groups excluding tert-OH is 1. The highest BCUT2D eigenvalue weighted by molar-refractivity contribution is 9.09. The number of carboxylic acid groups (broad SMARTS) is 2. The van der Waals surface area contributed by atoms with Crippen LogP contribution in [0.4, 0.5) is 0 Å². The molecule has 296 valence electrons. The first-order valence-electron chi connectivity index (χ1n) is 16.4. The highest BCUT2D eigenvalue weighted by Gasteiger charge is 2.25. The molecule has 0 aromatic rings. The third-order valence-corrected chi connectivity index (χ3v) is 5.57. The number of carboxylic acids is 2. The normalized spacial score (nSPS) is 13.8. The fourth-order valence-electron chi connectivity index (χ4n) is 2.79. The molecule has 0 aliphatic carbocycles. The predicted molar refractivity (Wildman–Crippen MR) is 193 cm³/mol. The number of nitrogens with two attached hydrogens (primary N) is 1. The van der Waals surface area contributed by atoms with Gasteiger partial charge in [0.2, 0.25) is 0 Å². The van der Waals surface area contributed by atoms with Gasteiger partial charge in [-0.25, -0.2) is 0 Å². The fraction of sp³-hybridized carbons (Fsp3) is 0.829. The van der Waals surface area contributed by atoms with Crippen molar-refractivity contribution in [2.24, 2.45) is 23.5 Å². The molecule has 0 heterocycles. The minimum Gasteiger partial charge on any atom is -0.481 e. The summed E-state index contributed by atoms with van der Waals surface area (Å²) < 4.78 is 20.2. The number of carbonyl (C=O) groups excluding carboxylic acids is 4. The van der Waals surface area contributed by atoms with E-state index in [1.54, 1.807) is 55.4 Å². The van der Waals surface area contributed by atoms with E-state index in [1.807, 2.05) is 48.5 Å². The Bertz CT molecular complexity index is 953. The lowest BCUT2D eigenvalue weighted by Crippen LogP contribution is -2.38. The van der Waals surface area contributed by atoms with Crippen LogP contribution in [0, 0.1) is 17.8 Å². The van der Waals surface area contributed by atoms with Gasteiger partial charge in [0.15, 0.2) is 0 Å². The quantitative estimate of drug-likeness (QED) is 0.106. The molecule has 0 radical (unpaired) electrons. The summed E-state index contributed by atoms with van der Waals surface area (Å²) in [4.78, 5) is 65.3. The molecule has 0 saturated heterocycles. The molecule has 0 spiro atoms. The number of halogens is 1. The maximum absolute atomic E-state index is 11.3. The summed E-state index contributed by atoms with van der Waals surface area (Å²) >= 11 is 3.29. The van der Waals surface area contributed by atoms with Gasteiger partial charge in [-0.15, -0.1) is 0 Å². The van der Waals surface area contributed by atoms with Crippen LogP contribution in [0.15, 0.2) is 0 Å². The number of ether oxygens (including phenoxy) is 4. The number of rotatable bonds is 12. The van der Waals surface area contributed by atoms with E-state index >= 15 is 0 Å². The zero-order chi connectivity index (χ0) is 40.8. The third kappa shape index (κ3) is 39.7. The van der Waals surface area contributed by atoms with Crippen molar-refractivity contribution in [1.82, 2.24) is 0 Å². The summed E-state index contributed by atoms with van der Waals surface area (Å²) in [5, 5.41) is 26.2. The van der Waals surface area contributed by atoms with E-state index in [9.17, 15) is 28.8 Å². The third-order valence-electron chi connectivity index (χ3n) is 5.12. The molecule has 0 bridgehead atoms. The minimum atomic E-state index is -1.11. The number of carbonyl (C=O) groups is 6. The molecule has 5 N–H and O–H groups in total. The number of aliphatic carboxylic acids is 2. The Morgan fingerprint density at radius 2 is 0.820 bits per heavy atom. The van der Waals surface area contributed by atoms with Crippen LogP contribution in [0.25, 0.3) is 0 Å². The van der Waals surface area contributed by atoms with Gasteiger partial charge in [0.25, 0.3) is 0 Å². The first-order valence-corrected chi connectivity index (χ1v) is 17.6. The Morgan fingerprint density at radius 1 is 0.540 bits per heavy atom. The van der Waals surface area contributed by atoms with Gasteiger partial charge in [0.1, 0.15) is 28.4 Å². The van der Waals surface area contributed by atoms with Crippen LogP contribution in [-0.2, 0) is 47.7 Å². The van der Waals surface area contributed by atoms with Crippen LogP contribution >= 0.6 is 15.9 Å². The zero-order valence-electron chi connectivity index (χ0n) is 32.9. The van der Waals surface area contributed by atoms with Crippen molar-refractivity contribution in [3.8, 4) is 0 Å². The van der Waals surface area contributed by atoms with Gasteiger partial charge in [-0.05, 0) is 95.9 Å². The smallest absolute Gasteiger partial charge is 0.324 e. The maximum atomic E-state index is 11.3. The van der Waals surface area contributed by atoms with Crippen LogP contribution in [-0.4, -0.2) is 91.5 Å². The number of alkyl halides is 1. The monoisotopic (exact) mass is 787 g/mol. The van der Waals surface area contributed by atoms with Crippen molar-refractivity contribution in [3.05, 3.63) is 0 Å². The van der Waals surface area contributed by atoms with Gasteiger partial charge in [-0.1, -0.05) is 36.7 Å². The number of hydrogen-bond acceptors (Lipinski definition) is 12. The molecule has 0 aromatic carbocycles. The first kappa shape index (κ1) is 54.0. The second-order valence-electron chi connectivity index (χ2n) is 15.6. The number of aliphatic hydroxyl groups is 1. The van der Waals surface area contributed by atoms with Gasteiger partial charge in [-0.3, -0.25) is 28.8 Å². The maximum Gasteiger partial charge on any atom is 0.324 e. The average molecular weight is 789 g/mol. The van der Waals surface area contributed by atoms with E-state index in [-0.39, 0.29) is 42.4 Å². The highest BCUT2D eigenvalue weighted by Crippen LogP contribution is 2.15. The Kier molecular flexibility index (Phi) is 27.2. The van der Waals surface area contributed by atoms with Gasteiger partial charge >= 0.3 is 35.8 Å². The van der Waals surface area contributed by atoms with E-state index < -0.39 is 59.1 Å². The average Bonchev–Trinajstić information content (AvgIpc) is 2.85. The molecule has 0 amide bonds. The molecule has 50 heavy (non-hydrogen) atoms. The molecule has 0 aromatic heterocycles. The number of hydrogen-bond donors (Lipinski definition) is 4. The predicted octanol–water partition coefficient (Wildman–Crippen LogP) is 5.66. The lowest BCUT2D eigenvalue weighted by atomic mass is 10.1. The van der Waals surface area contributed by atoms with Gasteiger partial charge < -0.3 is 40.0 Å². The largest absolute Gasteiger partial charge is 0.481 e. The van der Waals surface area contributed by atoms with Crippen molar-refractivity contribution in [1.29, 1.82) is 0 Å². The lowest BCUT2D eigenvalue weighted by molar-refractivity contribution is -0.162. The zero-order valence-corrected chi connectivity index (χ0v) is 34.5. The van der Waals surface area contributed by atoms with Gasteiger partial charge in [0, 0.05) is 11.9 Å².